The van der Waals surface area contributed by atoms with E-state index < -0.39 is 0 Å². The second-order valence-electron chi connectivity index (χ2n) is 8.58. The number of carbonyl (C=O) groups is 1. The lowest BCUT2D eigenvalue weighted by Crippen LogP contribution is -2.22. The fourth-order valence-corrected chi connectivity index (χ4v) is 4.95. The summed E-state index contributed by atoms with van der Waals surface area (Å²) in [5, 5.41) is 14.0. The molecule has 0 aliphatic heterocycles. The van der Waals surface area contributed by atoms with Gasteiger partial charge < -0.3 is 4.74 Å². The van der Waals surface area contributed by atoms with Crippen molar-refractivity contribution < 1.29 is 9.53 Å². The summed E-state index contributed by atoms with van der Waals surface area (Å²) >= 11 is 1.41. The zero-order chi connectivity index (χ0) is 23.9. The Morgan fingerprint density at radius 1 is 1.09 bits per heavy atom. The Morgan fingerprint density at radius 3 is 2.47 bits per heavy atom. The maximum Gasteiger partial charge on any atom is 0.250 e. The van der Waals surface area contributed by atoms with Crippen molar-refractivity contribution in [2.45, 2.75) is 57.1 Å². The number of carbonyl (C=O) groups excluding carboxylic acids is 1. The first-order valence-electron chi connectivity index (χ1n) is 11.7. The third-order valence-corrected chi connectivity index (χ3v) is 7.05. The molecule has 1 amide bonds. The number of hydrazone groups is 1. The molecule has 1 aliphatic rings. The number of nitrogens with one attached hydrogen (secondary N) is 1. The Bertz CT molecular complexity index is 1130. The van der Waals surface area contributed by atoms with Crippen LogP contribution in [-0.2, 0) is 4.79 Å². The van der Waals surface area contributed by atoms with Gasteiger partial charge in [0, 0.05) is 11.6 Å². The zero-order valence-corrected chi connectivity index (χ0v) is 20.8. The Balaban J connectivity index is 1.45. The number of aryl methyl sites for hydroxylation is 1. The van der Waals surface area contributed by atoms with Crippen LogP contribution >= 0.6 is 11.8 Å². The van der Waals surface area contributed by atoms with Gasteiger partial charge in [-0.3, -0.25) is 9.36 Å². The molecular weight excluding hydrogens is 446 g/mol. The normalized spacial score (nSPS) is 14.7. The number of ether oxygens (including phenoxy) is 1. The van der Waals surface area contributed by atoms with Crippen molar-refractivity contribution in [3.8, 4) is 17.1 Å². The van der Waals surface area contributed by atoms with Gasteiger partial charge in [0.05, 0.1) is 18.6 Å². The molecular formula is C26H31N5O2S. The van der Waals surface area contributed by atoms with Crippen molar-refractivity contribution >= 4 is 23.4 Å². The van der Waals surface area contributed by atoms with Gasteiger partial charge in [0.15, 0.2) is 11.0 Å². The number of thioether (sulfide) groups is 1. The van der Waals surface area contributed by atoms with Gasteiger partial charge in [0.2, 0.25) is 0 Å². The molecule has 0 bridgehead atoms. The molecule has 34 heavy (non-hydrogen) atoms. The van der Waals surface area contributed by atoms with Gasteiger partial charge in [-0.2, -0.15) is 5.10 Å². The third-order valence-electron chi connectivity index (χ3n) is 6.10. The maximum absolute atomic E-state index is 12.5. The first kappa shape index (κ1) is 24.0. The molecule has 1 fully saturated rings. The highest BCUT2D eigenvalue weighted by atomic mass is 32.2. The fourth-order valence-electron chi connectivity index (χ4n) is 4.15. The smallest absolute Gasteiger partial charge is 0.250 e. The summed E-state index contributed by atoms with van der Waals surface area (Å²) in [4.78, 5) is 12.5. The molecule has 3 aromatic rings. The summed E-state index contributed by atoms with van der Waals surface area (Å²) in [5.74, 6) is 1.71. The summed E-state index contributed by atoms with van der Waals surface area (Å²) in [6.07, 6.45) is 5.92. The van der Waals surface area contributed by atoms with E-state index in [4.69, 9.17) is 4.74 Å². The molecule has 178 valence electrons. The number of hydrogen-bond acceptors (Lipinski definition) is 6. The molecule has 8 heteroatoms. The molecule has 1 aromatic heterocycles. The van der Waals surface area contributed by atoms with Gasteiger partial charge >= 0.3 is 0 Å². The molecule has 0 radical (unpaired) electrons. The standard InChI is InChI=1S/C26H31N5O2S/c1-18-9-11-21(12-10-18)25-29-30-26(31(25)22-7-5-4-6-8-22)34-17-24(32)28-27-19(2)20-13-15-23(33-3)16-14-20/h9-16,22H,4-8,17H2,1-3H3,(H,28,32)/b27-19-. The average molecular weight is 478 g/mol. The molecule has 0 spiro atoms. The van der Waals surface area contributed by atoms with Crippen molar-refractivity contribution in [2.24, 2.45) is 5.10 Å². The number of methoxy groups -OCH3 is 1. The van der Waals surface area contributed by atoms with Gasteiger partial charge in [-0.1, -0.05) is 60.9 Å². The largest absolute Gasteiger partial charge is 0.497 e. The Labute approximate surface area is 205 Å². The van der Waals surface area contributed by atoms with Crippen LogP contribution in [0.3, 0.4) is 0 Å². The lowest BCUT2D eigenvalue weighted by Gasteiger charge is -2.25. The Hall–Kier alpha value is -3.13. The summed E-state index contributed by atoms with van der Waals surface area (Å²) in [7, 11) is 1.63. The minimum atomic E-state index is -0.173. The first-order chi connectivity index (χ1) is 16.5. The SMILES string of the molecule is COc1ccc(/C(C)=N\NC(=O)CSc2nnc(-c3ccc(C)cc3)n2C2CCCCC2)cc1. The van der Waals surface area contributed by atoms with Crippen molar-refractivity contribution in [1.29, 1.82) is 0 Å². The monoisotopic (exact) mass is 477 g/mol. The van der Waals surface area contributed by atoms with Gasteiger partial charge in [-0.25, -0.2) is 5.43 Å². The molecule has 1 N–H and O–H groups in total. The predicted octanol–water partition coefficient (Wildman–Crippen LogP) is 5.40. The van der Waals surface area contributed by atoms with E-state index in [1.54, 1.807) is 7.11 Å². The predicted molar refractivity (Wildman–Crippen MR) is 136 cm³/mol. The highest BCUT2D eigenvalue weighted by Gasteiger charge is 2.24. The lowest BCUT2D eigenvalue weighted by molar-refractivity contribution is -0.118. The number of amides is 1. The van der Waals surface area contributed by atoms with E-state index in [1.165, 1.54) is 36.6 Å². The molecule has 1 saturated carbocycles. The molecule has 2 aromatic carbocycles. The van der Waals surface area contributed by atoms with Crippen LogP contribution in [0.1, 0.15) is 56.2 Å². The summed E-state index contributed by atoms with van der Waals surface area (Å²) in [5.41, 5.74) is 6.58. The lowest BCUT2D eigenvalue weighted by atomic mass is 9.95. The van der Waals surface area contributed by atoms with E-state index in [1.807, 2.05) is 31.2 Å². The maximum atomic E-state index is 12.5. The van der Waals surface area contributed by atoms with Crippen molar-refractivity contribution in [2.75, 3.05) is 12.9 Å². The summed E-state index contributed by atoms with van der Waals surface area (Å²) in [6.45, 7) is 3.94. The van der Waals surface area contributed by atoms with Crippen molar-refractivity contribution in [3.05, 3.63) is 59.7 Å². The number of aromatic nitrogens is 3. The van der Waals surface area contributed by atoms with Crippen LogP contribution in [-0.4, -0.2) is 39.2 Å². The minimum Gasteiger partial charge on any atom is -0.497 e. The number of benzene rings is 2. The molecule has 4 rings (SSSR count). The molecule has 0 unspecified atom stereocenters. The van der Waals surface area contributed by atoms with Gasteiger partial charge in [-0.15, -0.1) is 10.2 Å². The summed E-state index contributed by atoms with van der Waals surface area (Å²) in [6, 6.07) is 16.3. The van der Waals surface area contributed by atoms with Gasteiger partial charge in [0.25, 0.3) is 5.91 Å². The average Bonchev–Trinajstić information content (AvgIpc) is 3.31. The van der Waals surface area contributed by atoms with Crippen LogP contribution in [0.5, 0.6) is 5.75 Å². The fraction of sp³-hybridized carbons (Fsp3) is 0.385. The van der Waals surface area contributed by atoms with Gasteiger partial charge in [-0.05, 0) is 56.5 Å². The summed E-state index contributed by atoms with van der Waals surface area (Å²) < 4.78 is 7.43. The quantitative estimate of drug-likeness (QED) is 0.267. The van der Waals surface area contributed by atoms with Crippen LogP contribution in [0.4, 0.5) is 0 Å². The zero-order valence-electron chi connectivity index (χ0n) is 20.0. The van der Waals surface area contributed by atoms with Crippen LogP contribution in [0.15, 0.2) is 58.8 Å². The van der Waals surface area contributed by atoms with E-state index in [2.05, 4.69) is 56.5 Å². The van der Waals surface area contributed by atoms with E-state index in [9.17, 15) is 4.79 Å². The van der Waals surface area contributed by atoms with Crippen LogP contribution in [0.2, 0.25) is 0 Å². The first-order valence-corrected chi connectivity index (χ1v) is 12.7. The van der Waals surface area contributed by atoms with Crippen molar-refractivity contribution in [3.63, 3.8) is 0 Å². The molecule has 1 aliphatic carbocycles. The highest BCUT2D eigenvalue weighted by Crippen LogP contribution is 2.35. The van der Waals surface area contributed by atoms with Crippen molar-refractivity contribution in [1.82, 2.24) is 20.2 Å². The Kier molecular flexibility index (Phi) is 8.00. The third kappa shape index (κ3) is 5.86. The van der Waals surface area contributed by atoms with E-state index >= 15 is 0 Å². The van der Waals surface area contributed by atoms with Crippen LogP contribution < -0.4 is 10.2 Å². The Morgan fingerprint density at radius 2 is 1.79 bits per heavy atom. The second-order valence-corrected chi connectivity index (χ2v) is 9.53. The minimum absolute atomic E-state index is 0.173. The number of nitrogens with zero attached hydrogens (tertiary/aromatic N) is 4. The topological polar surface area (TPSA) is 81.4 Å². The number of rotatable bonds is 8. The van der Waals surface area contributed by atoms with Crippen LogP contribution in [0, 0.1) is 6.92 Å². The molecule has 7 nitrogen and oxygen atoms in total. The van der Waals surface area contributed by atoms with Gasteiger partial charge in [0.1, 0.15) is 5.75 Å². The molecule has 1 heterocycles. The molecule has 0 saturated heterocycles. The number of hydrogen-bond donors (Lipinski definition) is 1. The molecule has 0 atom stereocenters. The highest BCUT2D eigenvalue weighted by molar-refractivity contribution is 7.99. The van der Waals surface area contributed by atoms with E-state index in [0.29, 0.717) is 6.04 Å². The van der Waals surface area contributed by atoms with E-state index in [0.717, 1.165) is 46.4 Å². The second kappa shape index (κ2) is 11.3. The van der Waals surface area contributed by atoms with Crippen LogP contribution in [0.25, 0.3) is 11.4 Å². The van der Waals surface area contributed by atoms with E-state index in [-0.39, 0.29) is 11.7 Å².